The Hall–Kier alpha value is -4.54. The van der Waals surface area contributed by atoms with Crippen molar-refractivity contribution in [2.75, 3.05) is 370 Å². The normalized spacial score (nSPS) is 13.4. The van der Waals surface area contributed by atoms with Gasteiger partial charge in [0.2, 0.25) is 15.9 Å². The number of amidine groups is 1. The highest BCUT2D eigenvalue weighted by Gasteiger charge is 2.36. The maximum atomic E-state index is 14.0. The second-order valence-corrected chi connectivity index (χ2v) is 27.8. The fourth-order valence-electron chi connectivity index (χ4n) is 10.5. The average Bonchev–Trinajstić information content (AvgIpc) is 1.19. The van der Waals surface area contributed by atoms with Crippen LogP contribution in [-0.2, 0) is 133 Å². The monoisotopic (exact) mass is 1670 g/mol. The van der Waals surface area contributed by atoms with Crippen molar-refractivity contribution in [1.29, 1.82) is 0 Å². The van der Waals surface area contributed by atoms with E-state index in [0.29, 0.717) is 359 Å². The molecule has 1 fully saturated rings. The molecule has 2 heterocycles. The van der Waals surface area contributed by atoms with E-state index in [0.717, 1.165) is 37.1 Å². The summed E-state index contributed by atoms with van der Waals surface area (Å²) in [7, 11) is -1.64. The van der Waals surface area contributed by atoms with Crippen LogP contribution in [0.15, 0.2) is 57.9 Å². The smallest absolute Gasteiger partial charge is 0.305 e. The Bertz CT molecular complexity index is 2820. The summed E-state index contributed by atoms with van der Waals surface area (Å²) in [6, 6.07) is 12.5. The van der Waals surface area contributed by atoms with Crippen LogP contribution in [0.5, 0.6) is 0 Å². The number of carbonyl (C=O) groups is 2. The van der Waals surface area contributed by atoms with Crippen LogP contribution in [0.4, 0.5) is 5.69 Å². The topological polar surface area (TPSA) is 378 Å². The average molecular weight is 1670 g/mol. The third-order valence-corrected chi connectivity index (χ3v) is 18.5. The number of carbonyl (C=O) groups excluding carboxylic acids is 1. The highest BCUT2D eigenvalue weighted by Crippen LogP contribution is 2.34. The number of nitrogens with two attached hydrogens (primary N) is 1. The number of amides is 1. The van der Waals surface area contributed by atoms with Gasteiger partial charge < -0.3 is 139 Å². The van der Waals surface area contributed by atoms with Gasteiger partial charge in [0.25, 0.3) is 0 Å². The summed E-state index contributed by atoms with van der Waals surface area (Å²) in [5.41, 5.74) is 9.84. The number of rotatable bonds is 86. The minimum absolute atomic E-state index is 0.0135. The van der Waals surface area contributed by atoms with Crippen LogP contribution in [0.1, 0.15) is 38.2 Å². The number of benzene rings is 2. The standard InChI is InChI=1S/C79H137N5O30S/c1-3-11-83(79(88)74-63-73-9-8-72(65-76(73)81-77(80)66-74)71-6-4-7-75(64-71)115(89,90)84-67-70(68-84)69-85)13-5-12-82(2)14-16-92-18-20-94-22-24-96-26-28-98-30-32-100-34-36-102-38-40-104-42-44-106-46-48-108-50-52-110-54-56-112-58-60-114-62-61-113-59-57-111-55-53-109-51-49-107-47-45-105-43-41-103-39-37-101-35-33-99-31-29-97-27-25-95-23-21-93-19-17-91-15-10-78(86)87/h4,6-9,63-65,70,85H,3,5,10-62,66-69H2,1-2H3,(H2,80,81)(H,86,87). The van der Waals surface area contributed by atoms with Gasteiger partial charge in [0.15, 0.2) is 0 Å². The van der Waals surface area contributed by atoms with E-state index >= 15 is 0 Å². The molecule has 0 aromatic heterocycles. The molecule has 0 spiro atoms. The number of aliphatic carboxylic acids is 1. The van der Waals surface area contributed by atoms with E-state index in [1.807, 2.05) is 42.3 Å². The molecule has 35 nitrogen and oxygen atoms in total. The number of aliphatic imine (C=N–C) groups is 1. The first kappa shape index (κ1) is 103. The first-order valence-electron chi connectivity index (χ1n) is 40.5. The Morgan fingerprint density at radius 2 is 0.739 bits per heavy atom. The molecule has 0 saturated carbocycles. The first-order valence-corrected chi connectivity index (χ1v) is 41.9. The molecule has 1 amide bonds. The number of aliphatic hydroxyl groups is 1. The quantitative estimate of drug-likeness (QED) is 0.0801. The van der Waals surface area contributed by atoms with Gasteiger partial charge in [-0.15, -0.1) is 0 Å². The molecule has 36 heteroatoms. The Kier molecular flexibility index (Phi) is 65.6. The summed E-state index contributed by atoms with van der Waals surface area (Å²) in [5.74, 6) is -0.661. The summed E-state index contributed by atoms with van der Waals surface area (Å²) >= 11 is 0. The molecule has 2 aromatic rings. The number of hydrogen-bond acceptors (Lipinski definition) is 32. The molecular weight excluding hydrogens is 1530 g/mol. The van der Waals surface area contributed by atoms with Gasteiger partial charge in [-0.05, 0) is 61.8 Å². The second kappa shape index (κ2) is 73.4. The number of carboxylic acids is 1. The number of ether oxygens (including phenoxy) is 24. The summed E-state index contributed by atoms with van der Waals surface area (Å²) < 4.78 is 160. The van der Waals surface area contributed by atoms with Gasteiger partial charge in [-0.2, -0.15) is 4.31 Å². The van der Waals surface area contributed by atoms with E-state index in [1.165, 1.54) is 4.31 Å². The Morgan fingerprint density at radius 3 is 1.05 bits per heavy atom. The molecule has 0 aliphatic carbocycles. The molecule has 0 bridgehead atoms. The molecule has 0 atom stereocenters. The summed E-state index contributed by atoms with van der Waals surface area (Å²) in [5, 5.41) is 17.9. The van der Waals surface area contributed by atoms with Crippen molar-refractivity contribution in [2.45, 2.75) is 37.5 Å². The second-order valence-electron chi connectivity index (χ2n) is 25.9. The Labute approximate surface area is 681 Å². The maximum Gasteiger partial charge on any atom is 0.305 e. The lowest BCUT2D eigenvalue weighted by Crippen LogP contribution is -2.51. The van der Waals surface area contributed by atoms with Gasteiger partial charge in [-0.3, -0.25) is 9.59 Å². The van der Waals surface area contributed by atoms with Crippen molar-refractivity contribution < 1.29 is 142 Å². The molecule has 4 N–H and O–H groups in total. The first-order chi connectivity index (χ1) is 56.5. The lowest BCUT2D eigenvalue weighted by molar-refractivity contribution is -0.138. The highest BCUT2D eigenvalue weighted by molar-refractivity contribution is 7.89. The van der Waals surface area contributed by atoms with Crippen LogP contribution in [-0.4, -0.2) is 421 Å². The van der Waals surface area contributed by atoms with Crippen molar-refractivity contribution in [3.8, 4) is 11.1 Å². The van der Waals surface area contributed by atoms with Gasteiger partial charge in [-0.1, -0.05) is 31.2 Å². The van der Waals surface area contributed by atoms with Crippen LogP contribution in [0.3, 0.4) is 0 Å². The molecule has 4 rings (SSSR count). The number of sulfonamides is 1. The zero-order valence-corrected chi connectivity index (χ0v) is 69.3. The van der Waals surface area contributed by atoms with Gasteiger partial charge in [0.05, 0.1) is 334 Å². The van der Waals surface area contributed by atoms with Crippen LogP contribution < -0.4 is 5.73 Å². The van der Waals surface area contributed by atoms with Gasteiger partial charge in [-0.25, -0.2) is 13.4 Å². The van der Waals surface area contributed by atoms with Crippen molar-refractivity contribution >= 4 is 39.5 Å². The lowest BCUT2D eigenvalue weighted by Gasteiger charge is -2.36. The van der Waals surface area contributed by atoms with Crippen LogP contribution in [0.25, 0.3) is 17.2 Å². The van der Waals surface area contributed by atoms with Gasteiger partial charge in [0.1, 0.15) is 5.84 Å². The van der Waals surface area contributed by atoms with E-state index in [2.05, 4.69) is 16.8 Å². The van der Waals surface area contributed by atoms with Crippen molar-refractivity contribution in [3.63, 3.8) is 0 Å². The molecule has 2 aromatic carbocycles. The van der Waals surface area contributed by atoms with Crippen LogP contribution in [0, 0.1) is 5.92 Å². The maximum absolute atomic E-state index is 14.0. The fraction of sp³-hybridized carbons (Fsp3) is 0.785. The van der Waals surface area contributed by atoms with Crippen molar-refractivity contribution in [1.82, 2.24) is 14.1 Å². The summed E-state index contributed by atoms with van der Waals surface area (Å²) in [6.07, 6.45) is 3.67. The molecule has 0 unspecified atom stereocenters. The number of hydrogen-bond donors (Lipinski definition) is 3. The van der Waals surface area contributed by atoms with Crippen molar-refractivity contribution in [3.05, 3.63) is 53.6 Å². The number of nitrogens with zero attached hydrogens (tertiary/aromatic N) is 4. The number of likely N-dealkylation sites (N-methyl/N-ethyl adjacent to an activating group) is 1. The number of aliphatic hydroxyl groups excluding tert-OH is 1. The third-order valence-electron chi connectivity index (χ3n) is 16.6. The van der Waals surface area contributed by atoms with Crippen LogP contribution >= 0.6 is 0 Å². The highest BCUT2D eigenvalue weighted by atomic mass is 32.2. The fourth-order valence-corrected chi connectivity index (χ4v) is 12.1. The number of carboxylic acid groups (broad SMARTS) is 1. The summed E-state index contributed by atoms with van der Waals surface area (Å²) in [4.78, 5) is 33.3. The van der Waals surface area contributed by atoms with Crippen LogP contribution in [0.2, 0.25) is 0 Å². The SMILES string of the molecule is CCCN(CCCN(C)CCOCCOCCOCCOCCOCCOCCOCCOCCOCCOCCOCCOCCOCCOCCOCCOCCOCCOCCOCCOCCOCCOCCOCCOCCC(=O)O)C(=O)C1=Cc2ccc(-c3cccc(S(=O)(=O)N4CC(CO)C4)c3)cc2N=C(N)C1. The molecular formula is C79H137N5O30S. The molecule has 2 aliphatic rings. The minimum Gasteiger partial charge on any atom is -0.481 e. The van der Waals surface area contributed by atoms with Crippen molar-refractivity contribution in [2.24, 2.45) is 16.6 Å². The molecule has 2 aliphatic heterocycles. The van der Waals surface area contributed by atoms with E-state index < -0.39 is 16.0 Å². The predicted molar refractivity (Wildman–Crippen MR) is 426 cm³/mol. The van der Waals surface area contributed by atoms with E-state index in [1.54, 1.807) is 18.2 Å². The molecule has 664 valence electrons. The lowest BCUT2D eigenvalue weighted by atomic mass is 10.0. The largest absolute Gasteiger partial charge is 0.481 e. The number of fused-ring (bicyclic) bond motifs is 1. The Morgan fingerprint density at radius 1 is 0.426 bits per heavy atom. The zero-order valence-electron chi connectivity index (χ0n) is 68.5. The van der Waals surface area contributed by atoms with E-state index in [-0.39, 0.29) is 42.8 Å². The molecule has 1 saturated heterocycles. The zero-order chi connectivity index (χ0) is 82.1. The molecule has 0 radical (unpaired) electrons. The summed E-state index contributed by atoms with van der Waals surface area (Å²) in [6.45, 7) is 27.4. The molecule has 115 heavy (non-hydrogen) atoms. The van der Waals surface area contributed by atoms with E-state index in [4.69, 9.17) is 125 Å². The van der Waals surface area contributed by atoms with Gasteiger partial charge in [0, 0.05) is 62.8 Å². The van der Waals surface area contributed by atoms with E-state index in [9.17, 15) is 23.1 Å². The van der Waals surface area contributed by atoms with Gasteiger partial charge >= 0.3 is 5.97 Å². The third kappa shape index (κ3) is 55.8. The minimum atomic E-state index is -3.69. The predicted octanol–water partition coefficient (Wildman–Crippen LogP) is 3.18. The Balaban J connectivity index is 0.756.